The first kappa shape index (κ1) is 14.1. The number of nitrogen functional groups attached to an aromatic ring is 1. The maximum atomic E-state index is 12.4. The highest BCUT2D eigenvalue weighted by Gasteiger charge is 2.20. The molecular weight excluding hydrogens is 278 g/mol. The summed E-state index contributed by atoms with van der Waals surface area (Å²) in [4.78, 5) is 19.8. The van der Waals surface area contributed by atoms with Gasteiger partial charge in [-0.15, -0.1) is 11.3 Å². The highest BCUT2D eigenvalue weighted by Crippen LogP contribution is 2.34. The molecule has 19 heavy (non-hydrogen) atoms. The maximum absolute atomic E-state index is 12.4. The molecule has 0 fully saturated rings. The third-order valence-electron chi connectivity index (χ3n) is 3.01. The Morgan fingerprint density at radius 1 is 1.58 bits per heavy atom. The van der Waals surface area contributed by atoms with E-state index >= 15 is 0 Å². The third-order valence-corrected chi connectivity index (χ3v) is 4.70. The Hall–Kier alpha value is -1.27. The summed E-state index contributed by atoms with van der Waals surface area (Å²) in [5.41, 5.74) is 7.75. The van der Waals surface area contributed by atoms with Crippen molar-refractivity contribution in [2.75, 3.05) is 31.3 Å². The molecule has 6 heteroatoms. The quantitative estimate of drug-likeness (QED) is 0.942. The summed E-state index contributed by atoms with van der Waals surface area (Å²) in [6, 6.07) is 1.91. The van der Waals surface area contributed by atoms with E-state index in [0.29, 0.717) is 10.6 Å². The van der Waals surface area contributed by atoms with E-state index in [2.05, 4.69) is 4.98 Å². The Balaban J connectivity index is 2.38. The molecule has 0 atom stereocenters. The molecule has 0 radical (unpaired) electrons. The number of thioether (sulfide) groups is 1. The third kappa shape index (κ3) is 2.69. The van der Waals surface area contributed by atoms with Gasteiger partial charge in [-0.05, 0) is 24.8 Å². The average Bonchev–Trinajstić information content (AvgIpc) is 2.73. The van der Waals surface area contributed by atoms with Gasteiger partial charge in [-0.25, -0.2) is 4.98 Å². The number of carbonyl (C=O) groups is 1. The monoisotopic (exact) mass is 295 g/mol. The second-order valence-corrected chi connectivity index (χ2v) is 6.36. The number of fused-ring (bicyclic) bond motifs is 1. The van der Waals surface area contributed by atoms with Crippen LogP contribution in [0.1, 0.15) is 15.2 Å². The smallest absolute Gasteiger partial charge is 0.265 e. The molecule has 2 aromatic heterocycles. The predicted octanol–water partition coefficient (Wildman–Crippen LogP) is 2.62. The van der Waals surface area contributed by atoms with E-state index in [1.807, 2.05) is 26.3 Å². The largest absolute Gasteiger partial charge is 0.397 e. The lowest BCUT2D eigenvalue weighted by molar-refractivity contribution is 0.0809. The highest BCUT2D eigenvalue weighted by molar-refractivity contribution is 7.98. The van der Waals surface area contributed by atoms with Gasteiger partial charge in [0.2, 0.25) is 0 Å². The lowest BCUT2D eigenvalue weighted by Gasteiger charge is -2.15. The number of amides is 1. The first-order valence-electron chi connectivity index (χ1n) is 5.94. The van der Waals surface area contributed by atoms with E-state index in [0.717, 1.165) is 28.1 Å². The average molecular weight is 295 g/mol. The lowest BCUT2D eigenvalue weighted by Crippen LogP contribution is -2.28. The van der Waals surface area contributed by atoms with Crippen LogP contribution in [-0.4, -0.2) is 41.4 Å². The number of rotatable bonds is 4. The molecule has 0 unspecified atom stereocenters. The number of nitrogens with two attached hydrogens (primary N) is 1. The van der Waals surface area contributed by atoms with Crippen molar-refractivity contribution in [3.8, 4) is 0 Å². The number of pyridine rings is 1. The second kappa shape index (κ2) is 5.79. The molecule has 0 saturated heterocycles. The Morgan fingerprint density at radius 3 is 2.95 bits per heavy atom. The second-order valence-electron chi connectivity index (χ2n) is 4.37. The highest BCUT2D eigenvalue weighted by atomic mass is 32.2. The number of hydrogen-bond donors (Lipinski definition) is 1. The maximum Gasteiger partial charge on any atom is 0.265 e. The molecule has 102 valence electrons. The number of aryl methyl sites for hydroxylation is 1. The number of anilines is 1. The Morgan fingerprint density at radius 2 is 2.32 bits per heavy atom. The van der Waals surface area contributed by atoms with Gasteiger partial charge >= 0.3 is 0 Å². The van der Waals surface area contributed by atoms with Crippen LogP contribution < -0.4 is 5.73 Å². The predicted molar refractivity (Wildman–Crippen MR) is 84.1 cm³/mol. The number of carbonyl (C=O) groups excluding carboxylic acids is 1. The number of hydrogen-bond acceptors (Lipinski definition) is 5. The van der Waals surface area contributed by atoms with E-state index in [1.54, 1.807) is 22.9 Å². The molecule has 0 saturated carbocycles. The van der Waals surface area contributed by atoms with E-state index < -0.39 is 0 Å². The van der Waals surface area contributed by atoms with Crippen molar-refractivity contribution in [2.45, 2.75) is 6.92 Å². The number of aromatic nitrogens is 1. The SMILES string of the molecule is CSCCN(C)C(=O)c1sc2nccc(C)c2c1N. The van der Waals surface area contributed by atoms with Crippen molar-refractivity contribution < 1.29 is 4.79 Å². The van der Waals surface area contributed by atoms with Gasteiger partial charge in [-0.1, -0.05) is 0 Å². The zero-order valence-corrected chi connectivity index (χ0v) is 12.9. The van der Waals surface area contributed by atoms with Crippen LogP contribution in [0.4, 0.5) is 5.69 Å². The van der Waals surface area contributed by atoms with Gasteiger partial charge in [0.05, 0.1) is 5.69 Å². The molecule has 2 aromatic rings. The molecule has 0 aromatic carbocycles. The summed E-state index contributed by atoms with van der Waals surface area (Å²) in [6.45, 7) is 2.71. The molecule has 4 nitrogen and oxygen atoms in total. The summed E-state index contributed by atoms with van der Waals surface area (Å²) >= 11 is 3.09. The minimum atomic E-state index is -0.0195. The van der Waals surface area contributed by atoms with Crippen molar-refractivity contribution in [1.82, 2.24) is 9.88 Å². The van der Waals surface area contributed by atoms with Crippen LogP contribution in [0.15, 0.2) is 12.3 Å². The number of thiophene rings is 1. The van der Waals surface area contributed by atoms with Crippen LogP contribution in [0.5, 0.6) is 0 Å². The van der Waals surface area contributed by atoms with Crippen molar-refractivity contribution in [1.29, 1.82) is 0 Å². The van der Waals surface area contributed by atoms with Crippen LogP contribution in [-0.2, 0) is 0 Å². The minimum absolute atomic E-state index is 0.0195. The zero-order valence-electron chi connectivity index (χ0n) is 11.3. The molecule has 0 bridgehead atoms. The van der Waals surface area contributed by atoms with E-state index in [1.165, 1.54) is 11.3 Å². The molecule has 0 aliphatic rings. The van der Waals surface area contributed by atoms with E-state index in [4.69, 9.17) is 5.73 Å². The molecule has 1 amide bonds. The minimum Gasteiger partial charge on any atom is -0.397 e. The fraction of sp³-hybridized carbons (Fsp3) is 0.385. The fourth-order valence-electron chi connectivity index (χ4n) is 1.87. The van der Waals surface area contributed by atoms with Crippen LogP contribution in [0.2, 0.25) is 0 Å². The topological polar surface area (TPSA) is 59.2 Å². The van der Waals surface area contributed by atoms with Crippen molar-refractivity contribution in [3.05, 3.63) is 22.7 Å². The van der Waals surface area contributed by atoms with Gasteiger partial charge in [0.15, 0.2) is 0 Å². The molecule has 0 aliphatic heterocycles. The Bertz CT molecular complexity index is 609. The molecular formula is C13H17N3OS2. The van der Waals surface area contributed by atoms with Gasteiger partial charge in [-0.2, -0.15) is 11.8 Å². The van der Waals surface area contributed by atoms with Crippen LogP contribution in [0, 0.1) is 6.92 Å². The van der Waals surface area contributed by atoms with Gasteiger partial charge < -0.3 is 10.6 Å². The molecule has 2 heterocycles. The van der Waals surface area contributed by atoms with E-state index in [9.17, 15) is 4.79 Å². The Kier molecular flexibility index (Phi) is 4.31. The standard InChI is InChI=1S/C13H17N3OS2/c1-8-4-5-15-12-9(8)10(14)11(19-12)13(17)16(2)6-7-18-3/h4-5H,6-7,14H2,1-3H3. The van der Waals surface area contributed by atoms with Gasteiger partial charge in [0.1, 0.15) is 9.71 Å². The lowest BCUT2D eigenvalue weighted by atomic mass is 10.1. The van der Waals surface area contributed by atoms with Crippen LogP contribution in [0.3, 0.4) is 0 Å². The summed E-state index contributed by atoms with van der Waals surface area (Å²) in [6.07, 6.45) is 3.78. The zero-order chi connectivity index (χ0) is 14.0. The molecule has 2 rings (SSSR count). The molecule has 2 N–H and O–H groups in total. The van der Waals surface area contributed by atoms with Crippen molar-refractivity contribution >= 4 is 44.9 Å². The molecule has 0 spiro atoms. The van der Waals surface area contributed by atoms with Crippen molar-refractivity contribution in [3.63, 3.8) is 0 Å². The van der Waals surface area contributed by atoms with Crippen LogP contribution >= 0.6 is 23.1 Å². The van der Waals surface area contributed by atoms with E-state index in [-0.39, 0.29) is 5.91 Å². The summed E-state index contributed by atoms with van der Waals surface area (Å²) in [7, 11) is 1.81. The summed E-state index contributed by atoms with van der Waals surface area (Å²) in [5, 5.41) is 0.911. The first-order chi connectivity index (χ1) is 9.06. The fourth-order valence-corrected chi connectivity index (χ4v) is 3.46. The number of nitrogens with zero attached hydrogens (tertiary/aromatic N) is 2. The summed E-state index contributed by atoms with van der Waals surface area (Å²) < 4.78 is 0. The first-order valence-corrected chi connectivity index (χ1v) is 8.15. The van der Waals surface area contributed by atoms with Gasteiger partial charge in [-0.3, -0.25) is 4.79 Å². The van der Waals surface area contributed by atoms with Gasteiger partial charge in [0, 0.05) is 30.9 Å². The summed E-state index contributed by atoms with van der Waals surface area (Å²) in [5.74, 6) is 0.901. The molecule has 0 aliphatic carbocycles. The van der Waals surface area contributed by atoms with Crippen molar-refractivity contribution in [2.24, 2.45) is 0 Å². The van der Waals surface area contributed by atoms with Gasteiger partial charge in [0.25, 0.3) is 5.91 Å². The normalized spacial score (nSPS) is 10.9. The Labute approximate surface area is 121 Å². The van der Waals surface area contributed by atoms with Crippen LogP contribution in [0.25, 0.3) is 10.2 Å².